The third-order valence-corrected chi connectivity index (χ3v) is 3.11. The van der Waals surface area contributed by atoms with Crippen molar-refractivity contribution in [2.75, 3.05) is 26.2 Å². The van der Waals surface area contributed by atoms with E-state index in [0.29, 0.717) is 25.9 Å². The van der Waals surface area contributed by atoms with Crippen LogP contribution in [0.1, 0.15) is 33.6 Å². The molecule has 126 valence electrons. The Labute approximate surface area is 129 Å². The predicted octanol–water partition coefficient (Wildman–Crippen LogP) is 0.927. The molecule has 2 N–H and O–H groups in total. The lowest BCUT2D eigenvalue weighted by Crippen LogP contribution is -2.35. The maximum Gasteiger partial charge on any atom is 0.410 e. The van der Waals surface area contributed by atoms with Crippen LogP contribution in [0, 0.1) is 0 Å². The van der Waals surface area contributed by atoms with Crippen molar-refractivity contribution in [1.29, 1.82) is 0 Å². The van der Waals surface area contributed by atoms with Gasteiger partial charge in [0.15, 0.2) is 5.78 Å². The molecule has 0 saturated carbocycles. The Kier molecular flexibility index (Phi) is 6.16. The Bertz CT molecular complexity index is 432. The van der Waals surface area contributed by atoms with Crippen LogP contribution < -0.4 is 0 Å². The van der Waals surface area contributed by atoms with Gasteiger partial charge in [0, 0.05) is 26.1 Å². The van der Waals surface area contributed by atoms with Gasteiger partial charge in [-0.2, -0.15) is 0 Å². The van der Waals surface area contributed by atoms with Gasteiger partial charge in [-0.05, 0) is 27.2 Å². The zero-order valence-electron chi connectivity index (χ0n) is 13.2. The van der Waals surface area contributed by atoms with Gasteiger partial charge in [-0.25, -0.2) is 9.59 Å². The fourth-order valence-corrected chi connectivity index (χ4v) is 2.03. The molecule has 8 heteroatoms. The molecule has 0 aromatic heterocycles. The first-order valence-electron chi connectivity index (χ1n) is 7.24. The summed E-state index contributed by atoms with van der Waals surface area (Å²) in [6.45, 7) is 6.86. The summed E-state index contributed by atoms with van der Waals surface area (Å²) in [5, 5.41) is 17.2. The molecule has 1 atom stereocenters. The molecule has 2 aliphatic rings. The Morgan fingerprint density at radius 2 is 1.86 bits per heavy atom. The molecule has 0 bridgehead atoms. The summed E-state index contributed by atoms with van der Waals surface area (Å²) in [5.74, 6) is 0.103. The van der Waals surface area contributed by atoms with Crippen molar-refractivity contribution >= 4 is 18.0 Å². The molecule has 22 heavy (non-hydrogen) atoms. The van der Waals surface area contributed by atoms with Gasteiger partial charge in [0.05, 0.1) is 12.6 Å². The van der Waals surface area contributed by atoms with Crippen molar-refractivity contribution in [3.05, 3.63) is 0 Å². The van der Waals surface area contributed by atoms with Crippen LogP contribution in [0.2, 0.25) is 0 Å². The Morgan fingerprint density at radius 3 is 2.18 bits per heavy atom. The average Bonchev–Trinajstić information content (AvgIpc) is 2.96. The number of aliphatic hydroxyl groups excluding tert-OH is 1. The van der Waals surface area contributed by atoms with Crippen LogP contribution in [-0.4, -0.2) is 75.9 Å². The van der Waals surface area contributed by atoms with Crippen molar-refractivity contribution in [1.82, 2.24) is 9.80 Å². The molecule has 2 fully saturated rings. The van der Waals surface area contributed by atoms with Gasteiger partial charge < -0.3 is 24.7 Å². The van der Waals surface area contributed by atoms with Gasteiger partial charge in [0.25, 0.3) is 0 Å². The number of hydrogen-bond acceptors (Lipinski definition) is 5. The molecule has 1 unspecified atom stereocenters. The second-order valence-electron chi connectivity index (χ2n) is 6.36. The van der Waals surface area contributed by atoms with Crippen LogP contribution in [0.5, 0.6) is 0 Å². The zero-order valence-corrected chi connectivity index (χ0v) is 13.2. The Morgan fingerprint density at radius 1 is 1.23 bits per heavy atom. The first-order valence-corrected chi connectivity index (χ1v) is 7.24. The van der Waals surface area contributed by atoms with E-state index in [1.165, 1.54) is 9.80 Å². The number of carbonyl (C=O) groups excluding carboxylic acids is 2. The van der Waals surface area contributed by atoms with E-state index in [9.17, 15) is 14.4 Å². The number of nitrogens with zero attached hydrogens (tertiary/aromatic N) is 2. The van der Waals surface area contributed by atoms with Gasteiger partial charge >= 0.3 is 12.2 Å². The number of rotatable bonds is 0. The number of carbonyl (C=O) groups is 3. The minimum absolute atomic E-state index is 0.103. The Balaban J connectivity index is 0.000000235. The number of aliphatic hydroxyl groups is 1. The smallest absolute Gasteiger partial charge is 0.410 e. The van der Waals surface area contributed by atoms with E-state index < -0.39 is 23.9 Å². The molecule has 2 rings (SSSR count). The van der Waals surface area contributed by atoms with E-state index in [1.54, 1.807) is 0 Å². The van der Waals surface area contributed by atoms with Gasteiger partial charge in [-0.1, -0.05) is 0 Å². The molecule has 0 radical (unpaired) electrons. The highest BCUT2D eigenvalue weighted by Crippen LogP contribution is 2.13. The lowest BCUT2D eigenvalue weighted by atomic mass is 10.2. The highest BCUT2D eigenvalue weighted by atomic mass is 16.6. The summed E-state index contributed by atoms with van der Waals surface area (Å²) < 4.78 is 5.10. The molecular weight excluding hydrogens is 292 g/mol. The van der Waals surface area contributed by atoms with E-state index in [2.05, 4.69) is 0 Å². The third-order valence-electron chi connectivity index (χ3n) is 3.11. The van der Waals surface area contributed by atoms with E-state index in [-0.39, 0.29) is 18.9 Å². The SMILES string of the molecule is CC(C)(C)OC(=O)N1CCC(=O)C1.O=C(O)N1CCC(O)C1. The molecule has 2 heterocycles. The third kappa shape index (κ3) is 6.30. The molecule has 2 amide bonds. The first kappa shape index (κ1) is 18.2. The normalized spacial score (nSPS) is 21.5. The highest BCUT2D eigenvalue weighted by molar-refractivity contribution is 5.87. The summed E-state index contributed by atoms with van der Waals surface area (Å²) in [6, 6.07) is 0. The summed E-state index contributed by atoms with van der Waals surface area (Å²) >= 11 is 0. The Hall–Kier alpha value is -1.83. The van der Waals surface area contributed by atoms with Crippen molar-refractivity contribution < 1.29 is 29.3 Å². The summed E-state index contributed by atoms with van der Waals surface area (Å²) in [5.41, 5.74) is -0.483. The average molecular weight is 316 g/mol. The highest BCUT2D eigenvalue weighted by Gasteiger charge is 2.28. The molecule has 0 aromatic rings. The van der Waals surface area contributed by atoms with Crippen LogP contribution in [0.15, 0.2) is 0 Å². The number of Topliss-reactive ketones (excluding diaryl/α,β-unsaturated/α-hetero) is 1. The maximum atomic E-state index is 11.4. The number of ketones is 1. The largest absolute Gasteiger partial charge is 0.465 e. The summed E-state index contributed by atoms with van der Waals surface area (Å²) in [7, 11) is 0. The van der Waals surface area contributed by atoms with Crippen molar-refractivity contribution in [3.8, 4) is 0 Å². The van der Waals surface area contributed by atoms with Crippen molar-refractivity contribution in [2.45, 2.75) is 45.3 Å². The standard InChI is InChI=1S/C9H15NO3.C5H9NO3/c1-9(2,3)13-8(12)10-5-4-7(11)6-10;7-4-1-2-6(3-4)5(8)9/h4-6H2,1-3H3;4,7H,1-3H2,(H,8,9). The van der Waals surface area contributed by atoms with E-state index in [0.717, 1.165) is 0 Å². The lowest BCUT2D eigenvalue weighted by molar-refractivity contribution is -0.116. The number of amides is 2. The zero-order chi connectivity index (χ0) is 16.9. The second-order valence-corrected chi connectivity index (χ2v) is 6.36. The van der Waals surface area contributed by atoms with Crippen molar-refractivity contribution in [2.24, 2.45) is 0 Å². The minimum atomic E-state index is -0.938. The van der Waals surface area contributed by atoms with E-state index in [1.807, 2.05) is 20.8 Å². The fraction of sp³-hybridized carbons (Fsp3) is 0.786. The molecule has 0 aliphatic carbocycles. The van der Waals surface area contributed by atoms with Crippen LogP contribution in [-0.2, 0) is 9.53 Å². The topological polar surface area (TPSA) is 107 Å². The number of carboxylic acid groups (broad SMARTS) is 1. The molecule has 8 nitrogen and oxygen atoms in total. The number of ether oxygens (including phenoxy) is 1. The van der Waals surface area contributed by atoms with E-state index >= 15 is 0 Å². The molecule has 0 aromatic carbocycles. The summed E-state index contributed by atoms with van der Waals surface area (Å²) in [4.78, 5) is 35.0. The van der Waals surface area contributed by atoms with Crippen LogP contribution in [0.3, 0.4) is 0 Å². The monoisotopic (exact) mass is 316 g/mol. The molecule has 2 aliphatic heterocycles. The van der Waals surface area contributed by atoms with Crippen LogP contribution in [0.4, 0.5) is 9.59 Å². The minimum Gasteiger partial charge on any atom is -0.465 e. The van der Waals surface area contributed by atoms with Gasteiger partial charge in [0.1, 0.15) is 5.60 Å². The lowest BCUT2D eigenvalue weighted by Gasteiger charge is -2.23. The van der Waals surface area contributed by atoms with Gasteiger partial charge in [-0.15, -0.1) is 0 Å². The fourth-order valence-electron chi connectivity index (χ4n) is 2.03. The van der Waals surface area contributed by atoms with Gasteiger partial charge in [0.2, 0.25) is 0 Å². The van der Waals surface area contributed by atoms with Crippen LogP contribution >= 0.6 is 0 Å². The summed E-state index contributed by atoms with van der Waals surface area (Å²) in [6.07, 6.45) is -0.739. The number of hydrogen-bond donors (Lipinski definition) is 2. The van der Waals surface area contributed by atoms with Crippen LogP contribution in [0.25, 0.3) is 0 Å². The number of β-amino-alcohol motifs (C(OH)–C–C–N with tert-alkyl or cyclic N) is 1. The second kappa shape index (κ2) is 7.44. The van der Waals surface area contributed by atoms with Crippen molar-refractivity contribution in [3.63, 3.8) is 0 Å². The predicted molar refractivity (Wildman–Crippen MR) is 77.7 cm³/mol. The quantitative estimate of drug-likeness (QED) is 0.688. The first-order chi connectivity index (χ1) is 10.1. The molecule has 2 saturated heterocycles. The molecular formula is C14H24N2O6. The maximum absolute atomic E-state index is 11.4. The van der Waals surface area contributed by atoms with Gasteiger partial charge in [-0.3, -0.25) is 4.79 Å². The number of likely N-dealkylation sites (tertiary alicyclic amines) is 2. The van der Waals surface area contributed by atoms with E-state index in [4.69, 9.17) is 14.9 Å². The molecule has 0 spiro atoms.